The number of carbonyl (C=O) groups excluding carboxylic acids is 2. The van der Waals surface area contributed by atoms with Gasteiger partial charge in [-0.25, -0.2) is 4.79 Å². The number of hydrogen-bond acceptors (Lipinski definition) is 5. The molecule has 7 nitrogen and oxygen atoms in total. The number of amides is 3. The predicted molar refractivity (Wildman–Crippen MR) is 120 cm³/mol. The first-order valence-corrected chi connectivity index (χ1v) is 13.0. The Morgan fingerprint density at radius 2 is 1.65 bits per heavy atom. The van der Waals surface area contributed by atoms with E-state index in [0.29, 0.717) is 6.04 Å². The van der Waals surface area contributed by atoms with Crippen molar-refractivity contribution >= 4 is 23.7 Å². The third-order valence-corrected chi connectivity index (χ3v) is 9.14. The third-order valence-electron chi connectivity index (χ3n) is 8.08. The van der Waals surface area contributed by atoms with E-state index in [2.05, 4.69) is 25.4 Å². The largest absolute Gasteiger partial charge is 0.332 e. The summed E-state index contributed by atoms with van der Waals surface area (Å²) >= 11 is 1.40. The Hall–Kier alpha value is -1.57. The van der Waals surface area contributed by atoms with Crippen molar-refractivity contribution in [2.45, 2.75) is 106 Å². The number of carbonyl (C=O) groups is 2. The van der Waals surface area contributed by atoms with E-state index < -0.39 is 5.25 Å². The number of imide groups is 1. The second-order valence-electron chi connectivity index (χ2n) is 10.6. The van der Waals surface area contributed by atoms with E-state index in [1.807, 2.05) is 13.8 Å². The lowest BCUT2D eigenvalue weighted by Gasteiger charge is -2.56. The molecule has 8 heteroatoms. The number of nitrogens with one attached hydrogen (secondary N) is 2. The number of hydrogen-bond donors (Lipinski definition) is 2. The topological polar surface area (TPSA) is 88.9 Å². The highest BCUT2D eigenvalue weighted by Crippen LogP contribution is 2.55. The maximum Gasteiger partial charge on any atom is 0.321 e. The van der Waals surface area contributed by atoms with E-state index in [1.165, 1.54) is 50.3 Å². The minimum absolute atomic E-state index is 0.0895. The number of nitrogens with zero attached hydrogens (tertiary/aromatic N) is 3. The fourth-order valence-corrected chi connectivity index (χ4v) is 8.12. The zero-order valence-corrected chi connectivity index (χ0v) is 19.5. The van der Waals surface area contributed by atoms with Crippen LogP contribution < -0.4 is 10.6 Å². The average Bonchev–Trinajstić information content (AvgIpc) is 3.07. The highest BCUT2D eigenvalue weighted by atomic mass is 32.2. The molecule has 1 unspecified atom stereocenters. The first kappa shape index (κ1) is 21.3. The lowest BCUT2D eigenvalue weighted by atomic mass is 9.53. The molecule has 5 fully saturated rings. The summed E-state index contributed by atoms with van der Waals surface area (Å²) in [6.07, 6.45) is 13.2. The highest BCUT2D eigenvalue weighted by molar-refractivity contribution is 8.00. The van der Waals surface area contributed by atoms with Crippen molar-refractivity contribution in [2.75, 3.05) is 0 Å². The Labute approximate surface area is 188 Å². The van der Waals surface area contributed by atoms with Crippen LogP contribution in [-0.4, -0.2) is 37.5 Å². The molecule has 170 valence electrons. The van der Waals surface area contributed by atoms with Gasteiger partial charge in [0, 0.05) is 11.6 Å². The summed E-state index contributed by atoms with van der Waals surface area (Å²) in [7, 11) is 0. The minimum atomic E-state index is -0.409. The van der Waals surface area contributed by atoms with E-state index >= 15 is 0 Å². The van der Waals surface area contributed by atoms with Crippen LogP contribution >= 0.6 is 11.8 Å². The third kappa shape index (κ3) is 4.37. The molecule has 2 N–H and O–H groups in total. The molecule has 4 bridgehead atoms. The molecule has 0 saturated heterocycles. The fourth-order valence-electron chi connectivity index (χ4n) is 7.15. The summed E-state index contributed by atoms with van der Waals surface area (Å²) in [6, 6.07) is 0.0882. The predicted octanol–water partition coefficient (Wildman–Crippen LogP) is 4.37. The number of thioether (sulfide) groups is 1. The van der Waals surface area contributed by atoms with Crippen LogP contribution in [0.2, 0.25) is 0 Å². The normalized spacial score (nSPS) is 33.3. The molecule has 0 spiro atoms. The zero-order valence-electron chi connectivity index (χ0n) is 18.7. The molecular weight excluding hydrogens is 410 g/mol. The van der Waals surface area contributed by atoms with E-state index in [9.17, 15) is 9.59 Å². The number of aryl methyl sites for hydroxylation is 1. The van der Waals surface area contributed by atoms with Crippen LogP contribution in [0, 0.1) is 24.7 Å². The van der Waals surface area contributed by atoms with Gasteiger partial charge in [0.15, 0.2) is 5.16 Å². The van der Waals surface area contributed by atoms with Crippen LogP contribution in [0.15, 0.2) is 5.16 Å². The molecule has 1 heterocycles. The van der Waals surface area contributed by atoms with E-state index in [4.69, 9.17) is 0 Å². The van der Waals surface area contributed by atoms with Gasteiger partial charge in [0.1, 0.15) is 5.82 Å². The maximum atomic E-state index is 12.8. The average molecular weight is 446 g/mol. The molecule has 31 heavy (non-hydrogen) atoms. The monoisotopic (exact) mass is 445 g/mol. The van der Waals surface area contributed by atoms with E-state index in [-0.39, 0.29) is 17.5 Å². The first-order chi connectivity index (χ1) is 14.9. The summed E-state index contributed by atoms with van der Waals surface area (Å²) < 4.78 is 2.20. The van der Waals surface area contributed by atoms with Gasteiger partial charge in [0.2, 0.25) is 5.91 Å². The van der Waals surface area contributed by atoms with Crippen LogP contribution in [0.25, 0.3) is 0 Å². The Balaban J connectivity index is 1.18. The summed E-state index contributed by atoms with van der Waals surface area (Å²) in [5.74, 6) is 2.91. The van der Waals surface area contributed by atoms with Gasteiger partial charge < -0.3 is 9.88 Å². The summed E-state index contributed by atoms with van der Waals surface area (Å²) in [5, 5.41) is 14.8. The molecule has 5 aliphatic rings. The summed E-state index contributed by atoms with van der Waals surface area (Å²) in [4.78, 5) is 25.5. The second kappa shape index (κ2) is 8.41. The van der Waals surface area contributed by atoms with Gasteiger partial charge in [0.05, 0.1) is 5.25 Å². The Morgan fingerprint density at radius 3 is 2.26 bits per heavy atom. The lowest BCUT2D eigenvalue weighted by molar-refractivity contribution is -0.119. The van der Waals surface area contributed by atoms with Crippen LogP contribution in [0.5, 0.6) is 0 Å². The minimum Gasteiger partial charge on any atom is -0.332 e. The molecule has 5 saturated carbocycles. The van der Waals surface area contributed by atoms with Gasteiger partial charge in [-0.2, -0.15) is 0 Å². The Bertz CT molecular complexity index is 812. The van der Waals surface area contributed by atoms with Gasteiger partial charge in [-0.3, -0.25) is 10.1 Å². The van der Waals surface area contributed by atoms with Crippen molar-refractivity contribution in [3.8, 4) is 0 Å². The quantitative estimate of drug-likeness (QED) is 0.657. The number of urea groups is 1. The Kier molecular flexibility index (Phi) is 5.78. The molecular formula is C23H35N5O2S. The fraction of sp³-hybridized carbons (Fsp3) is 0.826. The Morgan fingerprint density at radius 1 is 1.03 bits per heavy atom. The molecule has 1 aromatic rings. The lowest BCUT2D eigenvalue weighted by Crippen LogP contribution is -2.62. The van der Waals surface area contributed by atoms with Crippen molar-refractivity contribution in [1.82, 2.24) is 25.4 Å². The molecule has 0 radical (unpaired) electrons. The van der Waals surface area contributed by atoms with Crippen molar-refractivity contribution < 1.29 is 9.59 Å². The van der Waals surface area contributed by atoms with Gasteiger partial charge in [-0.15, -0.1) is 10.2 Å². The second-order valence-corrected chi connectivity index (χ2v) is 11.9. The van der Waals surface area contributed by atoms with Crippen molar-refractivity contribution in [2.24, 2.45) is 17.8 Å². The molecule has 6 rings (SSSR count). The SMILES string of the molecule is Cc1nnc(SC(C)C(=O)NC(=O)NC23CC4CC(CC(C4)C2)C3)n1C1CCCCC1. The molecule has 1 atom stereocenters. The van der Waals surface area contributed by atoms with Crippen LogP contribution in [0.1, 0.15) is 89.4 Å². The van der Waals surface area contributed by atoms with Crippen molar-refractivity contribution in [3.63, 3.8) is 0 Å². The van der Waals surface area contributed by atoms with E-state index in [1.54, 1.807) is 0 Å². The number of aromatic nitrogens is 3. The summed E-state index contributed by atoms with van der Waals surface area (Å²) in [6.45, 7) is 3.82. The molecule has 1 aromatic heterocycles. The first-order valence-electron chi connectivity index (χ1n) is 12.1. The standard InChI is InChI=1S/C23H35N5O2S/c1-14(31-22-27-26-15(2)28(22)19-6-4-3-5-7-19)20(29)24-21(30)25-23-11-16-8-17(12-23)10-18(9-16)13-23/h14,16-19H,3-13H2,1-2H3,(H2,24,25,29,30). The van der Waals surface area contributed by atoms with E-state index in [0.717, 1.165) is 60.8 Å². The molecule has 3 amide bonds. The molecule has 0 aromatic carbocycles. The maximum absolute atomic E-state index is 12.8. The smallest absolute Gasteiger partial charge is 0.321 e. The van der Waals surface area contributed by atoms with Crippen molar-refractivity contribution in [3.05, 3.63) is 5.82 Å². The highest BCUT2D eigenvalue weighted by Gasteiger charge is 2.51. The van der Waals surface area contributed by atoms with Gasteiger partial charge in [-0.1, -0.05) is 31.0 Å². The molecule has 5 aliphatic carbocycles. The molecule has 0 aliphatic heterocycles. The summed E-state index contributed by atoms with van der Waals surface area (Å²) in [5.41, 5.74) is -0.0895. The van der Waals surface area contributed by atoms with Crippen LogP contribution in [-0.2, 0) is 4.79 Å². The van der Waals surface area contributed by atoms with Gasteiger partial charge in [-0.05, 0) is 83.0 Å². The van der Waals surface area contributed by atoms with Crippen LogP contribution in [0.3, 0.4) is 0 Å². The van der Waals surface area contributed by atoms with Gasteiger partial charge >= 0.3 is 6.03 Å². The van der Waals surface area contributed by atoms with Gasteiger partial charge in [0.25, 0.3) is 0 Å². The van der Waals surface area contributed by atoms with Crippen molar-refractivity contribution in [1.29, 1.82) is 0 Å². The zero-order chi connectivity index (χ0) is 21.6. The van der Waals surface area contributed by atoms with Crippen LogP contribution in [0.4, 0.5) is 4.79 Å². The number of rotatable bonds is 5.